The maximum absolute atomic E-state index is 13.5. The molecule has 1 unspecified atom stereocenters. The number of anilines is 1. The number of hydrogen-bond donors (Lipinski definition) is 0. The van der Waals surface area contributed by atoms with Gasteiger partial charge in [-0.3, -0.25) is 24.5 Å². The van der Waals surface area contributed by atoms with Gasteiger partial charge in [0.1, 0.15) is 6.04 Å². The number of rotatable bonds is 9. The average molecular weight is 516 g/mol. The van der Waals surface area contributed by atoms with Crippen LogP contribution in [0.4, 0.5) is 11.4 Å². The molecule has 0 aromatic heterocycles. The van der Waals surface area contributed by atoms with Crippen molar-refractivity contribution in [2.24, 2.45) is 0 Å². The molecule has 1 aliphatic rings. The Labute approximate surface area is 218 Å². The first-order valence-corrected chi connectivity index (χ1v) is 12.0. The lowest BCUT2D eigenvalue weighted by molar-refractivity contribution is -0.384. The molecule has 1 heterocycles. The van der Waals surface area contributed by atoms with Gasteiger partial charge in [0.2, 0.25) is 5.91 Å². The Morgan fingerprint density at radius 2 is 1.61 bits per heavy atom. The summed E-state index contributed by atoms with van der Waals surface area (Å²) in [6, 6.07) is 19.4. The molecule has 1 saturated heterocycles. The van der Waals surface area contributed by atoms with E-state index < -0.39 is 34.7 Å². The van der Waals surface area contributed by atoms with Crippen molar-refractivity contribution in [3.63, 3.8) is 0 Å². The third-order valence-electron chi connectivity index (χ3n) is 6.21. The van der Waals surface area contributed by atoms with Gasteiger partial charge in [-0.15, -0.1) is 0 Å². The fourth-order valence-corrected chi connectivity index (χ4v) is 4.28. The molecule has 1 fully saturated rings. The number of amides is 3. The van der Waals surface area contributed by atoms with Crippen LogP contribution in [-0.2, 0) is 20.7 Å². The quantitative estimate of drug-likeness (QED) is 0.184. The summed E-state index contributed by atoms with van der Waals surface area (Å²) >= 11 is 0. The van der Waals surface area contributed by atoms with Gasteiger partial charge in [0.25, 0.3) is 17.5 Å². The Morgan fingerprint density at radius 1 is 0.974 bits per heavy atom. The number of nitro groups is 1. The van der Waals surface area contributed by atoms with Crippen molar-refractivity contribution >= 4 is 35.1 Å². The molecule has 0 saturated carbocycles. The number of esters is 1. The largest absolute Gasteiger partial charge is 0.462 e. The standard InChI is InChI=1S/C28H25N3O7/c1-2-38-28(35)21-10-12-22(13-11-21)30-25(32)18-24(27(30)34)29(17-16-19-6-4-3-5-7-19)26(33)20-8-14-23(15-9-20)31(36)37/h3-15,24H,2,16-18H2,1H3. The van der Waals surface area contributed by atoms with Gasteiger partial charge in [0.05, 0.1) is 29.2 Å². The topological polar surface area (TPSA) is 127 Å². The number of imide groups is 1. The summed E-state index contributed by atoms with van der Waals surface area (Å²) in [5.74, 6) is -2.08. The van der Waals surface area contributed by atoms with Crippen LogP contribution in [0.3, 0.4) is 0 Å². The van der Waals surface area contributed by atoms with Crippen LogP contribution in [0.5, 0.6) is 0 Å². The molecule has 0 N–H and O–H groups in total. The number of nitrogens with zero attached hydrogens (tertiary/aromatic N) is 3. The molecule has 3 aromatic carbocycles. The highest BCUT2D eigenvalue weighted by atomic mass is 16.6. The van der Waals surface area contributed by atoms with E-state index in [9.17, 15) is 29.3 Å². The summed E-state index contributed by atoms with van der Waals surface area (Å²) < 4.78 is 4.97. The van der Waals surface area contributed by atoms with Crippen molar-refractivity contribution in [3.8, 4) is 0 Å². The number of benzene rings is 3. The predicted molar refractivity (Wildman–Crippen MR) is 138 cm³/mol. The fourth-order valence-electron chi connectivity index (χ4n) is 4.28. The lowest BCUT2D eigenvalue weighted by Crippen LogP contribution is -2.46. The molecule has 1 atom stereocenters. The molecule has 0 spiro atoms. The summed E-state index contributed by atoms with van der Waals surface area (Å²) in [5, 5.41) is 11.0. The second-order valence-corrected chi connectivity index (χ2v) is 8.59. The van der Waals surface area contributed by atoms with E-state index >= 15 is 0 Å². The van der Waals surface area contributed by atoms with Crippen molar-refractivity contribution in [2.45, 2.75) is 25.8 Å². The van der Waals surface area contributed by atoms with Crippen LogP contribution < -0.4 is 4.90 Å². The molecule has 0 radical (unpaired) electrons. The first-order chi connectivity index (χ1) is 18.3. The molecule has 3 aromatic rings. The number of ether oxygens (including phenoxy) is 1. The van der Waals surface area contributed by atoms with E-state index in [0.29, 0.717) is 6.42 Å². The van der Waals surface area contributed by atoms with Gasteiger partial charge in [-0.2, -0.15) is 0 Å². The highest BCUT2D eigenvalue weighted by Crippen LogP contribution is 2.28. The fraction of sp³-hybridized carbons (Fsp3) is 0.214. The minimum Gasteiger partial charge on any atom is -0.462 e. The zero-order chi connectivity index (χ0) is 27.2. The van der Waals surface area contributed by atoms with Gasteiger partial charge in [-0.1, -0.05) is 30.3 Å². The minimum absolute atomic E-state index is 0.152. The van der Waals surface area contributed by atoms with Crippen molar-refractivity contribution in [3.05, 3.63) is 106 Å². The molecular formula is C28H25N3O7. The maximum atomic E-state index is 13.5. The summed E-state index contributed by atoms with van der Waals surface area (Å²) in [6.07, 6.45) is 0.220. The zero-order valence-corrected chi connectivity index (χ0v) is 20.6. The SMILES string of the molecule is CCOC(=O)c1ccc(N2C(=O)CC(N(CCc3ccccc3)C(=O)c3ccc([N+](=O)[O-])cc3)C2=O)cc1. The smallest absolute Gasteiger partial charge is 0.338 e. The van der Waals surface area contributed by atoms with E-state index in [0.717, 1.165) is 10.5 Å². The lowest BCUT2D eigenvalue weighted by atomic mass is 10.1. The normalized spacial score (nSPS) is 14.9. The third-order valence-corrected chi connectivity index (χ3v) is 6.21. The number of carbonyl (C=O) groups is 4. The van der Waals surface area contributed by atoms with Crippen molar-refractivity contribution in [2.75, 3.05) is 18.1 Å². The van der Waals surface area contributed by atoms with Gasteiger partial charge < -0.3 is 9.64 Å². The van der Waals surface area contributed by atoms with Crippen LogP contribution in [0.1, 0.15) is 39.6 Å². The maximum Gasteiger partial charge on any atom is 0.338 e. The highest BCUT2D eigenvalue weighted by molar-refractivity contribution is 6.23. The van der Waals surface area contributed by atoms with Gasteiger partial charge in [-0.25, -0.2) is 9.69 Å². The summed E-state index contributed by atoms with van der Waals surface area (Å²) in [7, 11) is 0. The number of hydrogen-bond acceptors (Lipinski definition) is 7. The van der Waals surface area contributed by atoms with Crippen LogP contribution >= 0.6 is 0 Å². The van der Waals surface area contributed by atoms with E-state index in [4.69, 9.17) is 4.74 Å². The molecule has 10 nitrogen and oxygen atoms in total. The van der Waals surface area contributed by atoms with Crippen LogP contribution in [0.15, 0.2) is 78.9 Å². The second-order valence-electron chi connectivity index (χ2n) is 8.59. The van der Waals surface area contributed by atoms with Crippen LogP contribution in [0, 0.1) is 10.1 Å². The van der Waals surface area contributed by atoms with Gasteiger partial charge >= 0.3 is 5.97 Å². The van der Waals surface area contributed by atoms with E-state index in [1.165, 1.54) is 53.4 Å². The monoisotopic (exact) mass is 515 g/mol. The molecule has 0 bridgehead atoms. The van der Waals surface area contributed by atoms with Crippen molar-refractivity contribution < 1.29 is 28.8 Å². The minimum atomic E-state index is -1.06. The number of nitro benzene ring substituents is 1. The predicted octanol–water partition coefficient (Wildman–Crippen LogP) is 3.79. The van der Waals surface area contributed by atoms with E-state index in [1.54, 1.807) is 6.92 Å². The Hall–Kier alpha value is -4.86. The zero-order valence-electron chi connectivity index (χ0n) is 20.6. The van der Waals surface area contributed by atoms with Crippen molar-refractivity contribution in [1.82, 2.24) is 4.90 Å². The summed E-state index contributed by atoms with van der Waals surface area (Å²) in [6.45, 7) is 2.06. The Kier molecular flexibility index (Phi) is 7.91. The van der Waals surface area contributed by atoms with Crippen molar-refractivity contribution in [1.29, 1.82) is 0 Å². The van der Waals surface area contributed by atoms with Crippen LogP contribution in [0.25, 0.3) is 0 Å². The van der Waals surface area contributed by atoms with E-state index in [-0.39, 0.29) is 42.1 Å². The summed E-state index contributed by atoms with van der Waals surface area (Å²) in [5.41, 5.74) is 1.51. The molecule has 10 heteroatoms. The highest BCUT2D eigenvalue weighted by Gasteiger charge is 2.44. The van der Waals surface area contributed by atoms with E-state index in [2.05, 4.69) is 0 Å². The Morgan fingerprint density at radius 3 is 2.21 bits per heavy atom. The average Bonchev–Trinajstić information content (AvgIpc) is 3.22. The van der Waals surface area contributed by atoms with Gasteiger partial charge in [-0.05, 0) is 55.3 Å². The number of carbonyl (C=O) groups excluding carboxylic acids is 4. The molecule has 4 rings (SSSR count). The molecular weight excluding hydrogens is 490 g/mol. The molecule has 3 amide bonds. The van der Waals surface area contributed by atoms with E-state index in [1.807, 2.05) is 30.3 Å². The Bertz CT molecular complexity index is 1360. The first-order valence-electron chi connectivity index (χ1n) is 12.0. The third kappa shape index (κ3) is 5.59. The first kappa shape index (κ1) is 26.2. The molecule has 194 valence electrons. The van der Waals surface area contributed by atoms with Gasteiger partial charge in [0.15, 0.2) is 0 Å². The molecule has 1 aliphatic heterocycles. The second kappa shape index (κ2) is 11.5. The van der Waals surface area contributed by atoms with Crippen LogP contribution in [-0.4, -0.2) is 52.7 Å². The summed E-state index contributed by atoms with van der Waals surface area (Å²) in [4.78, 5) is 64.8. The Balaban J connectivity index is 1.60. The van der Waals surface area contributed by atoms with Crippen LogP contribution in [0.2, 0.25) is 0 Å². The lowest BCUT2D eigenvalue weighted by Gasteiger charge is -2.28. The molecule has 0 aliphatic carbocycles. The number of non-ortho nitro benzene ring substituents is 1. The molecule has 38 heavy (non-hydrogen) atoms. The van der Waals surface area contributed by atoms with Gasteiger partial charge in [0, 0.05) is 24.2 Å².